The number of hydrazone groups is 1. The summed E-state index contributed by atoms with van der Waals surface area (Å²) in [6.07, 6.45) is 2.57. The normalized spacial score (nSPS) is 11.9. The van der Waals surface area contributed by atoms with Crippen molar-refractivity contribution in [2.75, 3.05) is 0 Å². The molecule has 188 valence electrons. The van der Waals surface area contributed by atoms with Crippen molar-refractivity contribution in [3.63, 3.8) is 0 Å². The molecule has 36 heavy (non-hydrogen) atoms. The molecule has 3 aromatic heterocycles. The minimum atomic E-state index is -2.93. The Kier molecular flexibility index (Phi) is 7.09. The number of benzene rings is 1. The number of carbonyl (C=O) groups is 1. The van der Waals surface area contributed by atoms with E-state index in [-0.39, 0.29) is 5.75 Å². The Labute approximate surface area is 206 Å². The third-order valence-electron chi connectivity index (χ3n) is 5.87. The molecule has 0 atom stereocenters. The molecule has 0 aliphatic carbocycles. The van der Waals surface area contributed by atoms with E-state index in [0.717, 1.165) is 17.7 Å². The number of pyridine rings is 1. The number of halogens is 2. The van der Waals surface area contributed by atoms with Gasteiger partial charge in [-0.2, -0.15) is 24.1 Å². The van der Waals surface area contributed by atoms with Crippen LogP contribution in [0.15, 0.2) is 41.6 Å². The molecule has 0 radical (unpaired) electrons. The Balaban J connectivity index is 1.73. The molecule has 0 saturated heterocycles. The van der Waals surface area contributed by atoms with Crippen LogP contribution in [0.2, 0.25) is 0 Å². The number of nitrogens with one attached hydrogen (secondary N) is 1. The van der Waals surface area contributed by atoms with E-state index < -0.39 is 12.5 Å². The van der Waals surface area contributed by atoms with Gasteiger partial charge >= 0.3 is 6.61 Å². The van der Waals surface area contributed by atoms with E-state index in [2.05, 4.69) is 25.5 Å². The molecular weight excluding hydrogens is 468 g/mol. The molecule has 1 N–H and O–H groups in total. The fourth-order valence-corrected chi connectivity index (χ4v) is 3.95. The Morgan fingerprint density at radius 3 is 2.69 bits per heavy atom. The van der Waals surface area contributed by atoms with Crippen molar-refractivity contribution in [3.05, 3.63) is 59.0 Å². The lowest BCUT2D eigenvalue weighted by molar-refractivity contribution is -0.0498. The summed E-state index contributed by atoms with van der Waals surface area (Å²) in [6, 6.07) is 7.84. The molecule has 3 heterocycles. The van der Waals surface area contributed by atoms with Crippen molar-refractivity contribution in [1.82, 2.24) is 30.0 Å². The zero-order valence-electron chi connectivity index (χ0n) is 20.7. The van der Waals surface area contributed by atoms with E-state index in [1.165, 1.54) is 12.1 Å². The SMILES string of the molecule is CCCn1nc(C)c2c(C(=O)N/N=C(/C)c3cccc(OC(F)F)c3)cc(-c3cnn(C)c3C)nc21. The minimum Gasteiger partial charge on any atom is -0.435 e. The van der Waals surface area contributed by atoms with Gasteiger partial charge in [0.2, 0.25) is 0 Å². The summed E-state index contributed by atoms with van der Waals surface area (Å²) in [4.78, 5) is 18.2. The number of amides is 1. The second-order valence-electron chi connectivity index (χ2n) is 8.37. The van der Waals surface area contributed by atoms with E-state index in [9.17, 15) is 13.6 Å². The van der Waals surface area contributed by atoms with Crippen LogP contribution in [0, 0.1) is 13.8 Å². The summed E-state index contributed by atoms with van der Waals surface area (Å²) in [5.74, 6) is -0.432. The number of carbonyl (C=O) groups excluding carboxylic acids is 1. The zero-order chi connectivity index (χ0) is 26.0. The fraction of sp³-hybridized carbons (Fsp3) is 0.320. The molecule has 11 heteroatoms. The first-order valence-electron chi connectivity index (χ1n) is 11.5. The van der Waals surface area contributed by atoms with Crippen molar-refractivity contribution in [2.24, 2.45) is 12.1 Å². The van der Waals surface area contributed by atoms with E-state index in [1.807, 2.05) is 27.8 Å². The number of nitrogens with zero attached hydrogens (tertiary/aromatic N) is 6. The Morgan fingerprint density at radius 1 is 1.25 bits per heavy atom. The first-order chi connectivity index (χ1) is 17.2. The van der Waals surface area contributed by atoms with Crippen molar-refractivity contribution in [2.45, 2.75) is 47.3 Å². The molecule has 0 spiro atoms. The Hall–Kier alpha value is -4.15. The Bertz CT molecular complexity index is 1460. The summed E-state index contributed by atoms with van der Waals surface area (Å²) in [5.41, 5.74) is 7.55. The fourth-order valence-electron chi connectivity index (χ4n) is 3.95. The molecular formula is C25H27F2N7O2. The topological polar surface area (TPSA) is 99.2 Å². The van der Waals surface area contributed by atoms with E-state index >= 15 is 0 Å². The quantitative estimate of drug-likeness (QED) is 0.284. The largest absolute Gasteiger partial charge is 0.435 e. The van der Waals surface area contributed by atoms with Crippen LogP contribution >= 0.6 is 0 Å². The van der Waals surface area contributed by atoms with Gasteiger partial charge in [-0.15, -0.1) is 0 Å². The number of fused-ring (bicyclic) bond motifs is 1. The number of aromatic nitrogens is 5. The first-order valence-corrected chi connectivity index (χ1v) is 11.5. The first kappa shape index (κ1) is 25.0. The summed E-state index contributed by atoms with van der Waals surface area (Å²) >= 11 is 0. The monoisotopic (exact) mass is 495 g/mol. The molecule has 1 aromatic carbocycles. The molecule has 0 saturated carbocycles. The molecule has 0 aliphatic heterocycles. The molecule has 0 fully saturated rings. The lowest BCUT2D eigenvalue weighted by Crippen LogP contribution is -2.20. The third kappa shape index (κ3) is 4.95. The number of ether oxygens (including phenoxy) is 1. The summed E-state index contributed by atoms with van der Waals surface area (Å²) in [6.45, 7) is 5.21. The van der Waals surface area contributed by atoms with Gasteiger partial charge in [0, 0.05) is 30.4 Å². The van der Waals surface area contributed by atoms with E-state index in [4.69, 9.17) is 4.98 Å². The molecule has 1 amide bonds. The predicted molar refractivity (Wildman–Crippen MR) is 132 cm³/mol. The number of hydrogen-bond donors (Lipinski definition) is 1. The van der Waals surface area contributed by atoms with Gasteiger partial charge in [0.15, 0.2) is 5.65 Å². The summed E-state index contributed by atoms with van der Waals surface area (Å²) < 4.78 is 33.1. The maximum atomic E-state index is 13.4. The van der Waals surface area contributed by atoms with Gasteiger partial charge in [0.05, 0.1) is 34.2 Å². The Morgan fingerprint density at radius 2 is 2.03 bits per heavy atom. The van der Waals surface area contributed by atoms with Gasteiger partial charge in [-0.25, -0.2) is 15.1 Å². The van der Waals surface area contributed by atoms with E-state index in [0.29, 0.717) is 45.8 Å². The molecule has 9 nitrogen and oxygen atoms in total. The molecule has 4 rings (SSSR count). The van der Waals surface area contributed by atoms with Crippen LogP contribution in [0.25, 0.3) is 22.3 Å². The van der Waals surface area contributed by atoms with Crippen LogP contribution in [0.1, 0.15) is 47.6 Å². The number of rotatable bonds is 8. The highest BCUT2D eigenvalue weighted by atomic mass is 19.3. The third-order valence-corrected chi connectivity index (χ3v) is 5.87. The van der Waals surface area contributed by atoms with Gasteiger partial charge in [0.1, 0.15) is 5.75 Å². The number of hydrogen-bond acceptors (Lipinski definition) is 6. The van der Waals surface area contributed by atoms with Crippen LogP contribution in [0.4, 0.5) is 8.78 Å². The highest BCUT2D eigenvalue weighted by Crippen LogP contribution is 2.29. The average Bonchev–Trinajstić information content (AvgIpc) is 3.35. The minimum absolute atomic E-state index is 0.00895. The molecule has 0 bridgehead atoms. The number of aryl methyl sites for hydroxylation is 3. The molecule has 4 aromatic rings. The lowest BCUT2D eigenvalue weighted by Gasteiger charge is -2.09. The smallest absolute Gasteiger partial charge is 0.387 e. The van der Waals surface area contributed by atoms with Crippen LogP contribution in [-0.4, -0.2) is 42.8 Å². The van der Waals surface area contributed by atoms with Gasteiger partial charge in [-0.1, -0.05) is 19.1 Å². The van der Waals surface area contributed by atoms with Crippen molar-refractivity contribution < 1.29 is 18.3 Å². The van der Waals surface area contributed by atoms with Crippen LogP contribution in [-0.2, 0) is 13.6 Å². The molecule has 0 unspecified atom stereocenters. The van der Waals surface area contributed by atoms with Crippen molar-refractivity contribution >= 4 is 22.7 Å². The summed E-state index contributed by atoms with van der Waals surface area (Å²) in [5, 5.41) is 13.8. The second kappa shape index (κ2) is 10.2. The van der Waals surface area contributed by atoms with Crippen LogP contribution in [0.5, 0.6) is 5.75 Å². The van der Waals surface area contributed by atoms with Crippen LogP contribution < -0.4 is 10.2 Å². The molecule has 0 aliphatic rings. The van der Waals surface area contributed by atoms with Crippen molar-refractivity contribution in [3.8, 4) is 17.0 Å². The van der Waals surface area contributed by atoms with Crippen molar-refractivity contribution in [1.29, 1.82) is 0 Å². The zero-order valence-corrected chi connectivity index (χ0v) is 20.7. The highest BCUT2D eigenvalue weighted by molar-refractivity contribution is 6.08. The average molecular weight is 496 g/mol. The highest BCUT2D eigenvalue weighted by Gasteiger charge is 2.21. The second-order valence-corrected chi connectivity index (χ2v) is 8.37. The van der Waals surface area contributed by atoms with Gasteiger partial charge in [-0.05, 0) is 45.4 Å². The predicted octanol–water partition coefficient (Wildman–Crippen LogP) is 4.61. The number of alkyl halides is 2. The van der Waals surface area contributed by atoms with Gasteiger partial charge in [-0.3, -0.25) is 9.48 Å². The van der Waals surface area contributed by atoms with Gasteiger partial charge in [0.25, 0.3) is 5.91 Å². The maximum absolute atomic E-state index is 13.4. The lowest BCUT2D eigenvalue weighted by atomic mass is 10.1. The maximum Gasteiger partial charge on any atom is 0.387 e. The van der Waals surface area contributed by atoms with Gasteiger partial charge < -0.3 is 4.74 Å². The van der Waals surface area contributed by atoms with Crippen LogP contribution in [0.3, 0.4) is 0 Å². The summed E-state index contributed by atoms with van der Waals surface area (Å²) in [7, 11) is 1.84. The van der Waals surface area contributed by atoms with E-state index in [1.54, 1.807) is 40.7 Å². The standard InChI is InChI=1S/C25H27F2N7O2/c1-6-10-34-23-22(15(3)32-34)19(12-21(29-23)20-13-28-33(5)16(20)4)24(35)31-30-14(2)17-8-7-9-18(11-17)36-25(26)27/h7-9,11-13,25H,6,10H2,1-5H3,(H,31,35)/b30-14-.